The summed E-state index contributed by atoms with van der Waals surface area (Å²) in [4.78, 5) is 17.5. The summed E-state index contributed by atoms with van der Waals surface area (Å²) in [6.45, 7) is 1.60. The minimum atomic E-state index is -3.26. The highest BCUT2D eigenvalue weighted by Crippen LogP contribution is 2.34. The Morgan fingerprint density at radius 3 is 2.28 bits per heavy atom. The smallest absolute Gasteiger partial charge is 0.252 e. The Bertz CT molecular complexity index is 1220. The lowest BCUT2D eigenvalue weighted by atomic mass is 10.1. The number of ether oxygens (including phenoxy) is 2. The van der Waals surface area contributed by atoms with Gasteiger partial charge in [0.2, 0.25) is 0 Å². The van der Waals surface area contributed by atoms with Crippen LogP contribution in [0.4, 0.5) is 0 Å². The molecule has 0 radical (unpaired) electrons. The minimum absolute atomic E-state index is 0.0377. The van der Waals surface area contributed by atoms with E-state index in [2.05, 4.69) is 4.99 Å². The van der Waals surface area contributed by atoms with Crippen molar-refractivity contribution in [1.82, 2.24) is 4.57 Å². The Morgan fingerprint density at radius 1 is 1.07 bits per heavy atom. The van der Waals surface area contributed by atoms with E-state index in [-0.39, 0.29) is 23.0 Å². The largest absolute Gasteiger partial charge is 0.495 e. The van der Waals surface area contributed by atoms with Gasteiger partial charge in [0.15, 0.2) is 14.6 Å². The number of amides is 1. The van der Waals surface area contributed by atoms with Gasteiger partial charge in [0.05, 0.1) is 31.3 Å². The van der Waals surface area contributed by atoms with Crippen molar-refractivity contribution in [2.24, 2.45) is 12.0 Å². The summed E-state index contributed by atoms with van der Waals surface area (Å²) in [6, 6.07) is 9.97. The van der Waals surface area contributed by atoms with E-state index in [0.717, 1.165) is 10.2 Å². The summed E-state index contributed by atoms with van der Waals surface area (Å²) in [5.74, 6) is 1.07. The van der Waals surface area contributed by atoms with Crippen molar-refractivity contribution >= 4 is 37.3 Å². The molecule has 29 heavy (non-hydrogen) atoms. The molecule has 0 unspecified atom stereocenters. The molecule has 154 valence electrons. The van der Waals surface area contributed by atoms with Crippen LogP contribution in [0.5, 0.6) is 11.5 Å². The highest BCUT2D eigenvalue weighted by Gasteiger charge is 2.15. The normalized spacial score (nSPS) is 12.3. The van der Waals surface area contributed by atoms with Crippen molar-refractivity contribution in [1.29, 1.82) is 0 Å². The first-order chi connectivity index (χ1) is 13.8. The van der Waals surface area contributed by atoms with Crippen LogP contribution in [0.1, 0.15) is 12.5 Å². The molecule has 0 atom stereocenters. The Labute approximate surface area is 173 Å². The van der Waals surface area contributed by atoms with E-state index in [1.165, 1.54) is 23.5 Å². The summed E-state index contributed by atoms with van der Waals surface area (Å²) < 4.78 is 37.3. The number of aryl methyl sites for hydroxylation is 1. The molecule has 0 saturated heterocycles. The highest BCUT2D eigenvalue weighted by atomic mass is 32.2. The van der Waals surface area contributed by atoms with Gasteiger partial charge in [0.1, 0.15) is 21.7 Å². The SMILES string of the molecule is CCS(=O)(=O)c1ccc(CC(=O)N=c2sc3c(OC)ccc(OC)c3n2C)cc1. The van der Waals surface area contributed by atoms with Gasteiger partial charge >= 0.3 is 0 Å². The molecule has 0 aliphatic heterocycles. The number of aromatic nitrogens is 1. The second-order valence-corrected chi connectivity index (χ2v) is 9.58. The fourth-order valence-electron chi connectivity index (χ4n) is 2.93. The molecular formula is C20H22N2O5S2. The Balaban J connectivity index is 1.93. The third-order valence-corrected chi connectivity index (χ3v) is 7.45. The average Bonchev–Trinajstić information content (AvgIpc) is 3.04. The van der Waals surface area contributed by atoms with Gasteiger partial charge < -0.3 is 14.0 Å². The number of hydrogen-bond acceptors (Lipinski definition) is 6. The third kappa shape index (κ3) is 4.20. The maximum absolute atomic E-state index is 12.5. The summed E-state index contributed by atoms with van der Waals surface area (Å²) in [6.07, 6.45) is 0.0783. The summed E-state index contributed by atoms with van der Waals surface area (Å²) in [5, 5.41) is 0. The monoisotopic (exact) mass is 434 g/mol. The maximum atomic E-state index is 12.5. The number of sulfone groups is 1. The predicted octanol–water partition coefficient (Wildman–Crippen LogP) is 2.72. The van der Waals surface area contributed by atoms with Crippen LogP contribution in [0, 0.1) is 0 Å². The van der Waals surface area contributed by atoms with Crippen LogP contribution in [-0.2, 0) is 28.1 Å². The number of benzene rings is 2. The highest BCUT2D eigenvalue weighted by molar-refractivity contribution is 7.91. The van der Waals surface area contributed by atoms with Crippen LogP contribution in [0.3, 0.4) is 0 Å². The average molecular weight is 435 g/mol. The van der Waals surface area contributed by atoms with Gasteiger partial charge in [-0.3, -0.25) is 4.79 Å². The Kier molecular flexibility index (Phi) is 6.09. The summed E-state index contributed by atoms with van der Waals surface area (Å²) >= 11 is 1.34. The first kappa shape index (κ1) is 21.1. The molecule has 0 N–H and O–H groups in total. The van der Waals surface area contributed by atoms with Crippen molar-refractivity contribution in [3.63, 3.8) is 0 Å². The lowest BCUT2D eigenvalue weighted by Crippen LogP contribution is -2.14. The lowest BCUT2D eigenvalue weighted by molar-refractivity contribution is -0.117. The van der Waals surface area contributed by atoms with Crippen molar-refractivity contribution in [3.8, 4) is 11.5 Å². The van der Waals surface area contributed by atoms with Crippen LogP contribution in [0.15, 0.2) is 46.3 Å². The van der Waals surface area contributed by atoms with E-state index in [0.29, 0.717) is 21.9 Å². The van der Waals surface area contributed by atoms with Gasteiger partial charge in [0, 0.05) is 7.05 Å². The van der Waals surface area contributed by atoms with Gasteiger partial charge in [-0.15, -0.1) is 0 Å². The number of nitrogens with zero attached hydrogens (tertiary/aromatic N) is 2. The third-order valence-electron chi connectivity index (χ3n) is 4.55. The number of methoxy groups -OCH3 is 2. The molecule has 0 saturated carbocycles. The number of carbonyl (C=O) groups is 1. The molecule has 2 aromatic carbocycles. The van der Waals surface area contributed by atoms with Crippen LogP contribution >= 0.6 is 11.3 Å². The quantitative estimate of drug-likeness (QED) is 0.595. The van der Waals surface area contributed by atoms with Gasteiger partial charge in [0.25, 0.3) is 5.91 Å². The molecule has 9 heteroatoms. The van der Waals surface area contributed by atoms with E-state index < -0.39 is 9.84 Å². The Morgan fingerprint density at radius 2 is 1.69 bits per heavy atom. The van der Waals surface area contributed by atoms with Crippen LogP contribution < -0.4 is 14.3 Å². The molecule has 0 spiro atoms. The van der Waals surface area contributed by atoms with Crippen LogP contribution in [-0.4, -0.2) is 38.9 Å². The summed E-state index contributed by atoms with van der Waals surface area (Å²) in [5.41, 5.74) is 1.50. The second-order valence-electron chi connectivity index (χ2n) is 6.32. The van der Waals surface area contributed by atoms with Gasteiger partial charge in [-0.1, -0.05) is 30.4 Å². The fourth-order valence-corrected chi connectivity index (χ4v) is 4.96. The van der Waals surface area contributed by atoms with Crippen molar-refractivity contribution in [2.45, 2.75) is 18.2 Å². The first-order valence-electron chi connectivity index (χ1n) is 8.90. The molecule has 1 amide bonds. The number of carbonyl (C=O) groups excluding carboxylic acids is 1. The molecular weight excluding hydrogens is 412 g/mol. The van der Waals surface area contributed by atoms with E-state index in [1.807, 2.05) is 19.2 Å². The summed E-state index contributed by atoms with van der Waals surface area (Å²) in [7, 11) is 1.73. The zero-order chi connectivity index (χ0) is 21.2. The van der Waals surface area contributed by atoms with E-state index in [9.17, 15) is 13.2 Å². The van der Waals surface area contributed by atoms with Crippen molar-refractivity contribution < 1.29 is 22.7 Å². The van der Waals surface area contributed by atoms with E-state index >= 15 is 0 Å². The molecule has 7 nitrogen and oxygen atoms in total. The van der Waals surface area contributed by atoms with Crippen molar-refractivity contribution in [3.05, 3.63) is 46.8 Å². The number of thiazole rings is 1. The van der Waals surface area contributed by atoms with Gasteiger partial charge in [-0.2, -0.15) is 4.99 Å². The standard InChI is InChI=1S/C20H22N2O5S2/c1-5-29(24,25)14-8-6-13(7-9-14)12-17(23)21-20-22(2)18-15(26-3)10-11-16(27-4)19(18)28-20/h6-11H,5,12H2,1-4H3. The van der Waals surface area contributed by atoms with E-state index in [1.54, 1.807) is 37.8 Å². The van der Waals surface area contributed by atoms with E-state index in [4.69, 9.17) is 9.47 Å². The van der Waals surface area contributed by atoms with Gasteiger partial charge in [-0.25, -0.2) is 8.42 Å². The zero-order valence-corrected chi connectivity index (χ0v) is 18.3. The van der Waals surface area contributed by atoms with Crippen molar-refractivity contribution in [2.75, 3.05) is 20.0 Å². The zero-order valence-electron chi connectivity index (χ0n) is 16.6. The number of hydrogen-bond donors (Lipinski definition) is 0. The molecule has 0 aliphatic rings. The topological polar surface area (TPSA) is 87.0 Å². The molecule has 3 rings (SSSR count). The predicted molar refractivity (Wildman–Crippen MR) is 112 cm³/mol. The number of rotatable bonds is 6. The first-order valence-corrected chi connectivity index (χ1v) is 11.4. The number of fused-ring (bicyclic) bond motifs is 1. The van der Waals surface area contributed by atoms with Crippen LogP contribution in [0.25, 0.3) is 10.2 Å². The molecule has 0 bridgehead atoms. The molecule has 3 aromatic rings. The molecule has 1 aromatic heterocycles. The molecule has 1 heterocycles. The second kappa shape index (κ2) is 8.38. The Hall–Kier alpha value is -2.65. The molecule has 0 aliphatic carbocycles. The minimum Gasteiger partial charge on any atom is -0.495 e. The fraction of sp³-hybridized carbons (Fsp3) is 0.300. The maximum Gasteiger partial charge on any atom is 0.252 e. The van der Waals surface area contributed by atoms with Gasteiger partial charge in [-0.05, 0) is 29.8 Å². The van der Waals surface area contributed by atoms with Crippen LogP contribution in [0.2, 0.25) is 0 Å². The lowest BCUT2D eigenvalue weighted by Gasteiger charge is -2.06. The molecule has 0 fully saturated rings.